The number of hydrogen-bond donors (Lipinski definition) is 0. The van der Waals surface area contributed by atoms with Gasteiger partial charge in [-0.25, -0.2) is 0 Å². The number of halogens is 1. The Kier molecular flexibility index (Phi) is 8.84. The molecular weight excluding hydrogens is 423 g/mol. The van der Waals surface area contributed by atoms with Crippen molar-refractivity contribution in [1.82, 2.24) is 0 Å². The minimum Gasteiger partial charge on any atom is -0.381 e. The molecule has 1 fully saturated rings. The van der Waals surface area contributed by atoms with Crippen molar-refractivity contribution in [1.29, 1.82) is 0 Å². The molecule has 1 heterocycles. The molecule has 0 unspecified atom stereocenters. The number of ketones is 1. The summed E-state index contributed by atoms with van der Waals surface area (Å²) in [5.74, 6) is 1.01. The molecule has 0 spiro atoms. The fourth-order valence-corrected chi connectivity index (χ4v) is 8.68. The number of ether oxygens (including phenoxy) is 1. The lowest BCUT2D eigenvalue weighted by molar-refractivity contribution is -0.117. The zero-order valence-corrected chi connectivity index (χ0v) is 19.6. The van der Waals surface area contributed by atoms with Gasteiger partial charge in [-0.05, 0) is 61.6 Å². The third-order valence-corrected chi connectivity index (χ3v) is 10.5. The number of rotatable bonds is 8. The summed E-state index contributed by atoms with van der Waals surface area (Å²) in [7, 11) is -2.05. The predicted molar refractivity (Wildman–Crippen MR) is 135 cm³/mol. The van der Waals surface area contributed by atoms with Crippen molar-refractivity contribution in [2.24, 2.45) is 5.92 Å². The maximum atomic E-state index is 13.4. The molecule has 0 amide bonds. The van der Waals surface area contributed by atoms with Gasteiger partial charge in [0, 0.05) is 19.6 Å². The van der Waals surface area contributed by atoms with Gasteiger partial charge in [0.1, 0.15) is 29.3 Å². The minimum atomic E-state index is -2.05. The van der Waals surface area contributed by atoms with Crippen LogP contribution in [-0.2, 0) is 9.53 Å². The van der Waals surface area contributed by atoms with Crippen LogP contribution in [0.25, 0.3) is 0 Å². The van der Waals surface area contributed by atoms with Crippen LogP contribution >= 0.6 is 19.7 Å². The van der Waals surface area contributed by atoms with E-state index in [1.54, 1.807) is 0 Å². The fourth-order valence-electron chi connectivity index (χ4n) is 4.51. The molecule has 4 rings (SSSR count). The number of hydrogen-bond acceptors (Lipinski definition) is 2. The Morgan fingerprint density at radius 3 is 1.58 bits per heavy atom. The van der Waals surface area contributed by atoms with E-state index in [0.29, 0.717) is 24.3 Å². The molecule has 1 saturated heterocycles. The van der Waals surface area contributed by atoms with E-state index in [1.165, 1.54) is 15.9 Å². The van der Waals surface area contributed by atoms with Gasteiger partial charge in [0.05, 0.1) is 0 Å². The Balaban J connectivity index is 0.00000272. The van der Waals surface area contributed by atoms with Gasteiger partial charge in [0.25, 0.3) is 0 Å². The van der Waals surface area contributed by atoms with E-state index in [2.05, 4.69) is 91.0 Å². The summed E-state index contributed by atoms with van der Waals surface area (Å²) in [6.45, 7) is 1.68. The van der Waals surface area contributed by atoms with E-state index in [0.717, 1.165) is 32.5 Å². The Hall–Kier alpha value is -1.99. The molecule has 1 aliphatic rings. The van der Waals surface area contributed by atoms with E-state index in [-0.39, 0.29) is 12.4 Å². The smallest absolute Gasteiger partial charge is 0.171 e. The van der Waals surface area contributed by atoms with Gasteiger partial charge in [-0.2, -0.15) is 0 Å². The highest BCUT2D eigenvalue weighted by Crippen LogP contribution is 2.55. The average molecular weight is 454 g/mol. The summed E-state index contributed by atoms with van der Waals surface area (Å²) < 4.78 is 5.48. The van der Waals surface area contributed by atoms with Gasteiger partial charge in [-0.15, -0.1) is 12.4 Å². The molecule has 0 aromatic heterocycles. The van der Waals surface area contributed by atoms with E-state index >= 15 is 0 Å². The van der Waals surface area contributed by atoms with E-state index in [9.17, 15) is 4.79 Å². The Labute approximate surface area is 192 Å². The number of benzene rings is 3. The third kappa shape index (κ3) is 5.63. The maximum absolute atomic E-state index is 13.4. The lowest BCUT2D eigenvalue weighted by Crippen LogP contribution is -2.35. The monoisotopic (exact) mass is 453 g/mol. The summed E-state index contributed by atoms with van der Waals surface area (Å²) >= 11 is 0. The summed E-state index contributed by atoms with van der Waals surface area (Å²) in [5.41, 5.74) is 0. The molecule has 0 atom stereocenters. The van der Waals surface area contributed by atoms with Gasteiger partial charge in [0.2, 0.25) is 0 Å². The molecule has 0 saturated carbocycles. The van der Waals surface area contributed by atoms with Crippen LogP contribution < -0.4 is 15.9 Å². The summed E-state index contributed by atoms with van der Waals surface area (Å²) in [6.07, 6.45) is 4.42. The SMILES string of the molecule is Cl.O=C(CCC1CCOCC1)C[P+](c1ccccc1)(c1ccccc1)c1ccccc1. The van der Waals surface area contributed by atoms with E-state index < -0.39 is 7.26 Å². The summed E-state index contributed by atoms with van der Waals surface area (Å²) in [6, 6.07) is 32.0. The topological polar surface area (TPSA) is 26.3 Å². The second kappa shape index (κ2) is 11.6. The summed E-state index contributed by atoms with van der Waals surface area (Å²) in [4.78, 5) is 13.4. The van der Waals surface area contributed by atoms with Crippen LogP contribution in [0.5, 0.6) is 0 Å². The molecule has 0 aliphatic carbocycles. The summed E-state index contributed by atoms with van der Waals surface area (Å²) in [5, 5.41) is 3.84. The van der Waals surface area contributed by atoms with Crippen molar-refractivity contribution in [3.8, 4) is 0 Å². The molecule has 2 nitrogen and oxygen atoms in total. The zero-order chi connectivity index (χ0) is 20.7. The van der Waals surface area contributed by atoms with Crippen LogP contribution in [0, 0.1) is 5.92 Å². The first-order valence-electron chi connectivity index (χ1n) is 10.9. The van der Waals surface area contributed by atoms with Crippen LogP contribution in [0.1, 0.15) is 25.7 Å². The average Bonchev–Trinajstić information content (AvgIpc) is 2.83. The van der Waals surface area contributed by atoms with Crippen LogP contribution in [0.2, 0.25) is 0 Å². The highest BCUT2D eigenvalue weighted by atomic mass is 35.5. The quantitative estimate of drug-likeness (QED) is 0.439. The second-order valence-electron chi connectivity index (χ2n) is 8.11. The molecule has 4 heteroatoms. The van der Waals surface area contributed by atoms with Crippen molar-refractivity contribution >= 4 is 41.4 Å². The lowest BCUT2D eigenvalue weighted by atomic mass is 9.94. The predicted octanol–water partition coefficient (Wildman–Crippen LogP) is 5.18. The normalized spacial score (nSPS) is 14.6. The molecule has 162 valence electrons. The molecule has 31 heavy (non-hydrogen) atoms. The van der Waals surface area contributed by atoms with E-state index in [4.69, 9.17) is 4.74 Å². The van der Waals surface area contributed by atoms with Crippen LogP contribution in [-0.4, -0.2) is 25.2 Å². The molecule has 0 radical (unpaired) electrons. The van der Waals surface area contributed by atoms with Crippen LogP contribution in [0.15, 0.2) is 91.0 Å². The number of Topliss-reactive ketones (excluding diaryl/α,β-unsaturated/α-hetero) is 1. The first-order chi connectivity index (χ1) is 14.8. The van der Waals surface area contributed by atoms with Gasteiger partial charge < -0.3 is 4.74 Å². The van der Waals surface area contributed by atoms with Crippen molar-refractivity contribution in [3.05, 3.63) is 91.0 Å². The first kappa shape index (κ1) is 23.7. The minimum absolute atomic E-state index is 0. The zero-order valence-electron chi connectivity index (χ0n) is 17.9. The molecule has 0 bridgehead atoms. The first-order valence-corrected chi connectivity index (χ1v) is 12.9. The van der Waals surface area contributed by atoms with Gasteiger partial charge in [-0.3, -0.25) is 4.79 Å². The van der Waals surface area contributed by atoms with Crippen molar-refractivity contribution in [2.45, 2.75) is 25.7 Å². The van der Waals surface area contributed by atoms with Crippen molar-refractivity contribution in [2.75, 3.05) is 19.4 Å². The van der Waals surface area contributed by atoms with Gasteiger partial charge in [0.15, 0.2) is 5.78 Å². The van der Waals surface area contributed by atoms with Crippen LogP contribution in [0.3, 0.4) is 0 Å². The van der Waals surface area contributed by atoms with Crippen molar-refractivity contribution < 1.29 is 9.53 Å². The Bertz CT molecular complexity index is 829. The molecule has 0 N–H and O–H groups in total. The maximum Gasteiger partial charge on any atom is 0.171 e. The molecule has 3 aromatic carbocycles. The largest absolute Gasteiger partial charge is 0.381 e. The molecular formula is C27H31ClO2P+. The van der Waals surface area contributed by atoms with Crippen molar-refractivity contribution in [3.63, 3.8) is 0 Å². The highest BCUT2D eigenvalue weighted by Gasteiger charge is 2.46. The third-order valence-electron chi connectivity index (χ3n) is 6.18. The lowest BCUT2D eigenvalue weighted by Gasteiger charge is -2.27. The second-order valence-corrected chi connectivity index (χ2v) is 11.6. The number of carbonyl (C=O) groups excluding carboxylic acids is 1. The molecule has 1 aliphatic heterocycles. The Morgan fingerprint density at radius 1 is 0.742 bits per heavy atom. The Morgan fingerprint density at radius 2 is 1.16 bits per heavy atom. The highest BCUT2D eigenvalue weighted by molar-refractivity contribution is 7.96. The standard InChI is InChI=1S/C27H30O2P.ClH/c28-24(17-16-23-18-20-29-21-19-23)22-30(25-10-4-1-5-11-25,26-12-6-2-7-13-26)27-14-8-3-9-15-27;/h1-15,23H,16-22H2;1H/q+1;. The molecule has 3 aromatic rings. The fraction of sp³-hybridized carbons (Fsp3) is 0.296. The van der Waals surface area contributed by atoms with Crippen LogP contribution in [0.4, 0.5) is 0 Å². The van der Waals surface area contributed by atoms with Gasteiger partial charge >= 0.3 is 0 Å². The van der Waals surface area contributed by atoms with E-state index in [1.807, 2.05) is 0 Å². The number of carbonyl (C=O) groups is 1. The van der Waals surface area contributed by atoms with Gasteiger partial charge in [-0.1, -0.05) is 54.6 Å².